The van der Waals surface area contributed by atoms with Gasteiger partial charge < -0.3 is 9.47 Å². The van der Waals surface area contributed by atoms with Crippen LogP contribution >= 0.6 is 11.3 Å². The Bertz CT molecular complexity index is 3670. The van der Waals surface area contributed by atoms with E-state index < -0.39 is 0 Å². The van der Waals surface area contributed by atoms with Gasteiger partial charge >= 0.3 is 0 Å². The highest BCUT2D eigenvalue weighted by molar-refractivity contribution is 7.26. The zero-order valence-corrected chi connectivity index (χ0v) is 40.0. The molecule has 12 rings (SSSR count). The Morgan fingerprint density at radius 3 is 1.84 bits per heavy atom. The first-order valence-electron chi connectivity index (χ1n) is 23.5. The molecule has 0 radical (unpaired) electrons. The number of nitrogens with zero attached hydrogens (tertiary/aromatic N) is 5. The first-order chi connectivity index (χ1) is 34.1. The fourth-order valence-electron chi connectivity index (χ4n) is 9.11. The summed E-state index contributed by atoms with van der Waals surface area (Å²) < 4.78 is 4.88. The van der Waals surface area contributed by atoms with Crippen LogP contribution in [0.2, 0.25) is 0 Å². The second-order valence-electron chi connectivity index (χ2n) is 16.5. The predicted octanol–water partition coefficient (Wildman–Crippen LogP) is 17.7. The van der Waals surface area contributed by atoms with Gasteiger partial charge in [-0.15, -0.1) is 17.9 Å². The van der Waals surface area contributed by atoms with Gasteiger partial charge in [0.1, 0.15) is 5.82 Å². The minimum Gasteiger partial charge on any atom is -0.329 e. The monoisotopic (exact) mass is 909 g/mol. The molecule has 0 aliphatic rings. The molecule has 0 amide bonds. The highest BCUT2D eigenvalue weighted by Gasteiger charge is 2.18. The standard InChI is InChI=1S/C58H39N5S.C3H6.C2H6/c1-62(55-37-50(41-14-4-2-5-15-41)60-58(61-55)42-16-6-3-7-17-42)51-21-11-8-18-45(51)39-26-24-38(25-27-39)43-30-33-53-49(36-43)47-19-9-12-22-52(47)63(53)44-31-28-40(29-32-44)46-34-35-59-56-48-20-10-13-23-54(48)64-57(46)56;1-3-2;1-2/h2-37H,1H3;3H,1H2,2H3;1-2H3. The highest BCUT2D eigenvalue weighted by Crippen LogP contribution is 2.41. The number of pyridine rings is 1. The molecule has 12 aromatic rings. The van der Waals surface area contributed by atoms with Crippen molar-refractivity contribution in [1.29, 1.82) is 0 Å². The van der Waals surface area contributed by atoms with Crippen LogP contribution in [0.5, 0.6) is 0 Å². The van der Waals surface area contributed by atoms with E-state index in [0.29, 0.717) is 5.82 Å². The fraction of sp³-hybridized carbons (Fsp3) is 0.0635. The summed E-state index contributed by atoms with van der Waals surface area (Å²) in [5.41, 5.74) is 15.5. The van der Waals surface area contributed by atoms with E-state index in [9.17, 15) is 0 Å². The second-order valence-corrected chi connectivity index (χ2v) is 17.5. The average Bonchev–Trinajstić information content (AvgIpc) is 3.98. The summed E-state index contributed by atoms with van der Waals surface area (Å²) in [4.78, 5) is 17.1. The molecule has 0 aliphatic heterocycles. The molecule has 0 saturated carbocycles. The first kappa shape index (κ1) is 44.4. The summed E-state index contributed by atoms with van der Waals surface area (Å²) in [7, 11) is 2.09. The number of thiophene rings is 1. The minimum atomic E-state index is 0.693. The van der Waals surface area contributed by atoms with Crippen molar-refractivity contribution in [2.75, 3.05) is 11.9 Å². The number of hydrogen-bond acceptors (Lipinski definition) is 5. The largest absolute Gasteiger partial charge is 0.329 e. The van der Waals surface area contributed by atoms with E-state index in [0.717, 1.165) is 50.7 Å². The van der Waals surface area contributed by atoms with Crippen LogP contribution in [0.3, 0.4) is 0 Å². The van der Waals surface area contributed by atoms with Crippen LogP contribution in [-0.4, -0.2) is 26.6 Å². The van der Waals surface area contributed by atoms with Crippen LogP contribution in [0.15, 0.2) is 231 Å². The molecular formula is C63H51N5S. The normalized spacial score (nSPS) is 11.0. The van der Waals surface area contributed by atoms with Gasteiger partial charge in [0.05, 0.1) is 26.9 Å². The zero-order valence-electron chi connectivity index (χ0n) is 39.2. The third-order valence-corrected chi connectivity index (χ3v) is 13.5. The van der Waals surface area contributed by atoms with Gasteiger partial charge in [0, 0.05) is 73.8 Å². The van der Waals surface area contributed by atoms with Crippen LogP contribution in [0.1, 0.15) is 20.8 Å². The Balaban J connectivity index is 0.00000107. The zero-order chi connectivity index (χ0) is 47.3. The molecule has 0 unspecified atom stereocenters. The summed E-state index contributed by atoms with van der Waals surface area (Å²) >= 11 is 1.81. The van der Waals surface area contributed by atoms with Gasteiger partial charge in [-0.05, 0) is 77.7 Å². The smallest absolute Gasteiger partial charge is 0.162 e. The third kappa shape index (κ3) is 8.59. The van der Waals surface area contributed by atoms with Crippen molar-refractivity contribution < 1.29 is 0 Å². The number of rotatable bonds is 8. The molecule has 4 heterocycles. The molecule has 0 spiro atoms. The molecule has 0 aliphatic carbocycles. The Labute approximate surface area is 408 Å². The van der Waals surface area contributed by atoms with Gasteiger partial charge in [-0.2, -0.15) is 0 Å². The minimum absolute atomic E-state index is 0.693. The van der Waals surface area contributed by atoms with Crippen molar-refractivity contribution in [1.82, 2.24) is 19.5 Å². The van der Waals surface area contributed by atoms with E-state index in [-0.39, 0.29) is 0 Å². The molecule has 8 aromatic carbocycles. The van der Waals surface area contributed by atoms with Crippen LogP contribution in [0, 0.1) is 0 Å². The summed E-state index contributed by atoms with van der Waals surface area (Å²) in [6, 6.07) is 75.3. The lowest BCUT2D eigenvalue weighted by Crippen LogP contribution is -2.13. The SMILES string of the molecule is C=CC.CC.CN(c1cc(-c2ccccc2)nc(-c2ccccc2)n1)c1ccccc1-c1ccc(-c2ccc3c(c2)c2ccccc2n3-c2ccc(-c3ccnc4c3sc3ccccc34)cc2)cc1. The van der Waals surface area contributed by atoms with E-state index in [1.165, 1.54) is 58.8 Å². The predicted molar refractivity (Wildman–Crippen MR) is 296 cm³/mol. The molecule has 5 nitrogen and oxygen atoms in total. The van der Waals surface area contributed by atoms with Gasteiger partial charge in [0.25, 0.3) is 0 Å². The Kier molecular flexibility index (Phi) is 12.7. The maximum atomic E-state index is 5.11. The maximum Gasteiger partial charge on any atom is 0.162 e. The molecule has 6 heteroatoms. The first-order valence-corrected chi connectivity index (χ1v) is 24.3. The average molecular weight is 910 g/mol. The molecule has 0 atom stereocenters. The molecule has 0 N–H and O–H groups in total. The molecule has 4 aromatic heterocycles. The van der Waals surface area contributed by atoms with Crippen molar-refractivity contribution in [3.63, 3.8) is 0 Å². The molecule has 69 heavy (non-hydrogen) atoms. The van der Waals surface area contributed by atoms with Crippen molar-refractivity contribution in [2.24, 2.45) is 0 Å². The lowest BCUT2D eigenvalue weighted by atomic mass is 9.98. The fourth-order valence-corrected chi connectivity index (χ4v) is 10.3. The Morgan fingerprint density at radius 2 is 1.09 bits per heavy atom. The van der Waals surface area contributed by atoms with Gasteiger partial charge in [0.15, 0.2) is 5.82 Å². The number of para-hydroxylation sites is 2. The number of allylic oxidation sites excluding steroid dienone is 1. The molecule has 0 saturated heterocycles. The van der Waals surface area contributed by atoms with E-state index in [1.807, 2.05) is 74.7 Å². The second kappa shape index (κ2) is 19.8. The van der Waals surface area contributed by atoms with Crippen LogP contribution in [-0.2, 0) is 0 Å². The van der Waals surface area contributed by atoms with Gasteiger partial charge in [0.2, 0.25) is 0 Å². The topological polar surface area (TPSA) is 46.8 Å². The Morgan fingerprint density at radius 1 is 0.507 bits per heavy atom. The highest BCUT2D eigenvalue weighted by atomic mass is 32.1. The third-order valence-electron chi connectivity index (χ3n) is 12.3. The summed E-state index contributed by atoms with van der Waals surface area (Å²) in [6.07, 6.45) is 3.69. The van der Waals surface area contributed by atoms with E-state index in [4.69, 9.17) is 15.0 Å². The van der Waals surface area contributed by atoms with Gasteiger partial charge in [-0.1, -0.05) is 178 Å². The van der Waals surface area contributed by atoms with E-state index in [2.05, 4.69) is 199 Å². The Hall–Kier alpha value is -8.45. The van der Waals surface area contributed by atoms with Crippen molar-refractivity contribution in [2.45, 2.75) is 20.8 Å². The van der Waals surface area contributed by atoms with Crippen LogP contribution in [0.4, 0.5) is 11.5 Å². The number of hydrogen-bond donors (Lipinski definition) is 0. The van der Waals surface area contributed by atoms with Crippen LogP contribution in [0.25, 0.3) is 104 Å². The van der Waals surface area contributed by atoms with Crippen molar-refractivity contribution >= 4 is 65.0 Å². The summed E-state index contributed by atoms with van der Waals surface area (Å²) in [5, 5.41) is 3.67. The molecule has 0 fully saturated rings. The maximum absolute atomic E-state index is 5.11. The van der Waals surface area contributed by atoms with Gasteiger partial charge in [-0.3, -0.25) is 4.98 Å². The lowest BCUT2D eigenvalue weighted by molar-refractivity contribution is 1.09. The molecular weight excluding hydrogens is 859 g/mol. The van der Waals surface area contributed by atoms with E-state index >= 15 is 0 Å². The lowest BCUT2D eigenvalue weighted by Gasteiger charge is -2.23. The number of anilines is 2. The summed E-state index contributed by atoms with van der Waals surface area (Å²) in [5.74, 6) is 1.51. The number of benzene rings is 8. The number of fused-ring (bicyclic) bond motifs is 6. The molecule has 0 bridgehead atoms. The van der Waals surface area contributed by atoms with Gasteiger partial charge in [-0.25, -0.2) is 9.97 Å². The van der Waals surface area contributed by atoms with E-state index in [1.54, 1.807) is 6.08 Å². The number of aromatic nitrogens is 4. The quantitative estimate of drug-likeness (QED) is 0.143. The van der Waals surface area contributed by atoms with Crippen molar-refractivity contribution in [3.8, 4) is 61.7 Å². The van der Waals surface area contributed by atoms with Crippen molar-refractivity contribution in [3.05, 3.63) is 231 Å². The molecule has 334 valence electrons. The summed E-state index contributed by atoms with van der Waals surface area (Å²) in [6.45, 7) is 9.25. The van der Waals surface area contributed by atoms with Crippen LogP contribution < -0.4 is 4.90 Å².